The highest BCUT2D eigenvalue weighted by Gasteiger charge is 2.14. The van der Waals surface area contributed by atoms with E-state index < -0.39 is 5.91 Å². The number of nitrogens with two attached hydrogens (primary N) is 1. The van der Waals surface area contributed by atoms with Crippen LogP contribution in [0.25, 0.3) is 22.6 Å². The molecule has 1 amide bonds. The first-order valence-electron chi connectivity index (χ1n) is 6.03. The maximum absolute atomic E-state index is 11.4. The highest BCUT2D eigenvalue weighted by atomic mass is 35.5. The fourth-order valence-electron chi connectivity index (χ4n) is 2.00. The van der Waals surface area contributed by atoms with E-state index in [1.54, 1.807) is 25.3 Å². The fourth-order valence-corrected chi connectivity index (χ4v) is 2.00. The second-order valence-corrected chi connectivity index (χ2v) is 4.26. The van der Waals surface area contributed by atoms with Crippen LogP contribution in [0.3, 0.4) is 0 Å². The Morgan fingerprint density at radius 3 is 2.52 bits per heavy atom. The van der Waals surface area contributed by atoms with Crippen molar-refractivity contribution < 1.29 is 13.9 Å². The van der Waals surface area contributed by atoms with E-state index in [2.05, 4.69) is 4.98 Å². The molecule has 0 saturated carbocycles. The lowest BCUT2D eigenvalue weighted by Gasteiger charge is -1.99. The van der Waals surface area contributed by atoms with Crippen LogP contribution < -0.4 is 10.5 Å². The molecule has 0 saturated heterocycles. The van der Waals surface area contributed by atoms with Gasteiger partial charge in [0.25, 0.3) is 5.91 Å². The summed E-state index contributed by atoms with van der Waals surface area (Å²) in [5.74, 6) is 0.671. The van der Waals surface area contributed by atoms with Crippen LogP contribution >= 0.6 is 12.4 Å². The Bertz CT molecular complexity index is 781. The maximum atomic E-state index is 11.4. The summed E-state index contributed by atoms with van der Waals surface area (Å²) >= 11 is 0. The highest BCUT2D eigenvalue weighted by molar-refractivity contribution is 6.03. The second-order valence-electron chi connectivity index (χ2n) is 4.26. The number of hydrogen-bond acceptors (Lipinski definition) is 4. The SMILES string of the molecule is COc1ccc(-c2nc3c(C(N)=O)cccc3o2)cc1.Cl. The third kappa shape index (κ3) is 2.68. The molecule has 0 unspecified atom stereocenters. The van der Waals surface area contributed by atoms with Crippen LogP contribution in [0.2, 0.25) is 0 Å². The Labute approximate surface area is 127 Å². The van der Waals surface area contributed by atoms with Gasteiger partial charge in [-0.25, -0.2) is 4.98 Å². The first-order valence-corrected chi connectivity index (χ1v) is 6.03. The summed E-state index contributed by atoms with van der Waals surface area (Å²) in [7, 11) is 1.60. The van der Waals surface area contributed by atoms with E-state index in [9.17, 15) is 4.79 Å². The van der Waals surface area contributed by atoms with Gasteiger partial charge in [0.1, 0.15) is 11.3 Å². The molecule has 6 heteroatoms. The van der Waals surface area contributed by atoms with Gasteiger partial charge < -0.3 is 14.9 Å². The quantitative estimate of drug-likeness (QED) is 0.806. The van der Waals surface area contributed by atoms with Crippen LogP contribution in [0.4, 0.5) is 0 Å². The number of nitrogens with zero attached hydrogens (tertiary/aromatic N) is 1. The van der Waals surface area contributed by atoms with Crippen LogP contribution in [0.1, 0.15) is 10.4 Å². The molecule has 1 aromatic heterocycles. The predicted octanol–water partition coefficient (Wildman–Crippen LogP) is 3.02. The standard InChI is InChI=1S/C15H12N2O3.ClH/c1-19-10-7-5-9(6-8-10)15-17-13-11(14(16)18)3-2-4-12(13)20-15;/h2-8H,1H3,(H2,16,18);1H. The Morgan fingerprint density at radius 1 is 1.19 bits per heavy atom. The molecular formula is C15H13ClN2O3. The van der Waals surface area contributed by atoms with Crippen molar-refractivity contribution in [3.63, 3.8) is 0 Å². The van der Waals surface area contributed by atoms with Gasteiger partial charge in [0, 0.05) is 5.56 Å². The van der Waals surface area contributed by atoms with Crippen molar-refractivity contribution in [2.45, 2.75) is 0 Å². The van der Waals surface area contributed by atoms with Gasteiger partial charge in [0.05, 0.1) is 12.7 Å². The lowest BCUT2D eigenvalue weighted by molar-refractivity contribution is 0.100. The van der Waals surface area contributed by atoms with Crippen molar-refractivity contribution >= 4 is 29.4 Å². The number of halogens is 1. The van der Waals surface area contributed by atoms with E-state index in [1.165, 1.54) is 0 Å². The van der Waals surface area contributed by atoms with Crippen LogP contribution in [-0.4, -0.2) is 18.0 Å². The molecule has 108 valence electrons. The number of fused-ring (bicyclic) bond motifs is 1. The predicted molar refractivity (Wildman–Crippen MR) is 81.8 cm³/mol. The van der Waals surface area contributed by atoms with E-state index in [0.717, 1.165) is 11.3 Å². The number of para-hydroxylation sites is 1. The monoisotopic (exact) mass is 304 g/mol. The number of primary amides is 1. The van der Waals surface area contributed by atoms with Crippen molar-refractivity contribution in [2.75, 3.05) is 7.11 Å². The first-order chi connectivity index (χ1) is 9.69. The minimum absolute atomic E-state index is 0. The molecule has 0 bridgehead atoms. The first kappa shape index (κ1) is 14.9. The van der Waals surface area contributed by atoms with E-state index in [0.29, 0.717) is 22.6 Å². The normalized spacial score (nSPS) is 10.1. The molecule has 2 aromatic carbocycles. The van der Waals surface area contributed by atoms with Crippen LogP contribution in [0.15, 0.2) is 46.9 Å². The third-order valence-electron chi connectivity index (χ3n) is 3.02. The number of rotatable bonds is 3. The van der Waals surface area contributed by atoms with Gasteiger partial charge in [-0.15, -0.1) is 12.4 Å². The van der Waals surface area contributed by atoms with Gasteiger partial charge in [0.2, 0.25) is 5.89 Å². The summed E-state index contributed by atoms with van der Waals surface area (Å²) in [6.07, 6.45) is 0. The van der Waals surface area contributed by atoms with Crippen molar-refractivity contribution in [1.82, 2.24) is 4.98 Å². The fraction of sp³-hybridized carbons (Fsp3) is 0.0667. The second kappa shape index (κ2) is 5.85. The summed E-state index contributed by atoms with van der Waals surface area (Å²) in [6.45, 7) is 0. The van der Waals surface area contributed by atoms with E-state index >= 15 is 0 Å². The lowest BCUT2D eigenvalue weighted by atomic mass is 10.2. The average molecular weight is 305 g/mol. The number of hydrogen-bond donors (Lipinski definition) is 1. The third-order valence-corrected chi connectivity index (χ3v) is 3.02. The number of ether oxygens (including phenoxy) is 1. The zero-order chi connectivity index (χ0) is 14.1. The van der Waals surface area contributed by atoms with Crippen molar-refractivity contribution in [3.8, 4) is 17.2 Å². The highest BCUT2D eigenvalue weighted by Crippen LogP contribution is 2.27. The average Bonchev–Trinajstić information content (AvgIpc) is 2.90. The van der Waals surface area contributed by atoms with Crippen LogP contribution in [-0.2, 0) is 0 Å². The lowest BCUT2D eigenvalue weighted by Crippen LogP contribution is -2.11. The summed E-state index contributed by atoms with van der Waals surface area (Å²) in [5.41, 5.74) is 7.50. The molecule has 3 aromatic rings. The number of carbonyl (C=O) groups excluding carboxylic acids is 1. The minimum atomic E-state index is -0.523. The topological polar surface area (TPSA) is 78.4 Å². The molecule has 0 aliphatic rings. The van der Waals surface area contributed by atoms with Gasteiger partial charge in [-0.3, -0.25) is 4.79 Å². The van der Waals surface area contributed by atoms with Crippen LogP contribution in [0, 0.1) is 0 Å². The molecule has 0 aliphatic heterocycles. The molecule has 5 nitrogen and oxygen atoms in total. The Hall–Kier alpha value is -2.53. The molecular weight excluding hydrogens is 292 g/mol. The summed E-state index contributed by atoms with van der Waals surface area (Å²) in [5, 5.41) is 0. The zero-order valence-electron chi connectivity index (χ0n) is 11.2. The van der Waals surface area contributed by atoms with Crippen molar-refractivity contribution in [2.24, 2.45) is 5.73 Å². The maximum Gasteiger partial charge on any atom is 0.251 e. The molecule has 0 fully saturated rings. The van der Waals surface area contributed by atoms with Crippen molar-refractivity contribution in [1.29, 1.82) is 0 Å². The summed E-state index contributed by atoms with van der Waals surface area (Å²) in [4.78, 5) is 15.7. The van der Waals surface area contributed by atoms with Gasteiger partial charge >= 0.3 is 0 Å². The van der Waals surface area contributed by atoms with Gasteiger partial charge in [-0.05, 0) is 36.4 Å². The molecule has 0 aliphatic carbocycles. The number of aromatic nitrogens is 1. The molecule has 21 heavy (non-hydrogen) atoms. The molecule has 1 heterocycles. The number of methoxy groups -OCH3 is 1. The zero-order valence-corrected chi connectivity index (χ0v) is 12.0. The number of carbonyl (C=O) groups is 1. The smallest absolute Gasteiger partial charge is 0.251 e. The Balaban J connectivity index is 0.00000161. The molecule has 3 rings (SSSR count). The minimum Gasteiger partial charge on any atom is -0.497 e. The van der Waals surface area contributed by atoms with Crippen LogP contribution in [0.5, 0.6) is 5.75 Å². The van der Waals surface area contributed by atoms with E-state index in [1.807, 2.05) is 24.3 Å². The van der Waals surface area contributed by atoms with Gasteiger partial charge in [-0.2, -0.15) is 0 Å². The van der Waals surface area contributed by atoms with Crippen molar-refractivity contribution in [3.05, 3.63) is 48.0 Å². The molecule has 2 N–H and O–H groups in total. The number of oxazole rings is 1. The molecule has 0 spiro atoms. The summed E-state index contributed by atoms with van der Waals surface area (Å²) < 4.78 is 10.8. The number of amides is 1. The van der Waals surface area contributed by atoms with Gasteiger partial charge in [-0.1, -0.05) is 6.07 Å². The Kier molecular flexibility index (Phi) is 4.14. The summed E-state index contributed by atoms with van der Waals surface area (Å²) in [6, 6.07) is 12.4. The Morgan fingerprint density at radius 2 is 1.90 bits per heavy atom. The largest absolute Gasteiger partial charge is 0.497 e. The molecule has 0 atom stereocenters. The molecule has 0 radical (unpaired) electrons. The van der Waals surface area contributed by atoms with Gasteiger partial charge in [0.15, 0.2) is 5.58 Å². The number of benzene rings is 2. The van der Waals surface area contributed by atoms with E-state index in [-0.39, 0.29) is 12.4 Å². The van der Waals surface area contributed by atoms with E-state index in [4.69, 9.17) is 14.9 Å².